The zero-order chi connectivity index (χ0) is 31.5. The van der Waals surface area contributed by atoms with Crippen molar-refractivity contribution >= 4 is 39.2 Å². The summed E-state index contributed by atoms with van der Waals surface area (Å²) in [7, 11) is -2.93. The van der Waals surface area contributed by atoms with Gasteiger partial charge in [0.25, 0.3) is 15.6 Å². The molecule has 44 heavy (non-hydrogen) atoms. The number of pyridine rings is 2. The highest BCUT2D eigenvalue weighted by atomic mass is 35.5. The lowest BCUT2D eigenvalue weighted by atomic mass is 9.99. The molecule has 1 aromatic carbocycles. The number of carbonyl (C=O) groups excluding carboxylic acids is 1. The first kappa shape index (κ1) is 31.3. The van der Waals surface area contributed by atoms with E-state index in [1.807, 2.05) is 4.90 Å². The van der Waals surface area contributed by atoms with E-state index in [9.17, 15) is 22.4 Å². The minimum Gasteiger partial charge on any atom is -0.485 e. The van der Waals surface area contributed by atoms with Gasteiger partial charge < -0.3 is 24.7 Å². The number of hydrogen-bond donors (Lipinski definition) is 2. The zero-order valence-corrected chi connectivity index (χ0v) is 25.0. The summed E-state index contributed by atoms with van der Waals surface area (Å²) in [6, 6.07) is 7.68. The Kier molecular flexibility index (Phi) is 9.12. The van der Waals surface area contributed by atoms with Crippen LogP contribution in [0.3, 0.4) is 0 Å². The maximum Gasteiger partial charge on any atom is 0.300 e. The van der Waals surface area contributed by atoms with E-state index in [-0.39, 0.29) is 47.0 Å². The van der Waals surface area contributed by atoms with Crippen LogP contribution >= 0.6 is 11.6 Å². The third-order valence-electron chi connectivity index (χ3n) is 7.16. The quantitative estimate of drug-likeness (QED) is 0.229. The van der Waals surface area contributed by atoms with Crippen molar-refractivity contribution in [1.82, 2.24) is 19.3 Å². The number of halogens is 2. The van der Waals surface area contributed by atoms with Gasteiger partial charge in [0.2, 0.25) is 11.6 Å². The number of nitrogens with zero attached hydrogens (tertiary/aromatic N) is 4. The van der Waals surface area contributed by atoms with Crippen molar-refractivity contribution in [2.24, 2.45) is 5.73 Å². The highest BCUT2D eigenvalue weighted by molar-refractivity contribution is 7.92. The van der Waals surface area contributed by atoms with Crippen LogP contribution in [-0.2, 0) is 19.6 Å². The second-order valence-electron chi connectivity index (χ2n) is 9.85. The molecule has 0 spiro atoms. The first-order valence-corrected chi connectivity index (χ1v) is 15.1. The number of benzene rings is 1. The number of methoxy groups -OCH3 is 1. The zero-order valence-electron chi connectivity index (χ0n) is 23.4. The largest absolute Gasteiger partial charge is 0.485 e. The van der Waals surface area contributed by atoms with E-state index >= 15 is 0 Å². The minimum atomic E-state index is -4.25. The molecule has 3 N–H and O–H groups in total. The summed E-state index contributed by atoms with van der Waals surface area (Å²) >= 11 is 5.98. The van der Waals surface area contributed by atoms with E-state index in [0.29, 0.717) is 36.5 Å². The topological polar surface area (TPSA) is 167 Å². The second-order valence-corrected chi connectivity index (χ2v) is 11.9. The SMILES string of the molecule is COc1ncc(-c2ccc3ncc(OCCN4CCOCC4(C=O)CN)c(=O)n3c2)cc1NS(=O)(=O)c1ccc(F)cc1Cl. The van der Waals surface area contributed by atoms with Crippen LogP contribution in [0.15, 0.2) is 64.7 Å². The van der Waals surface area contributed by atoms with Crippen molar-refractivity contribution in [2.75, 3.05) is 51.3 Å². The number of aldehydes is 1. The fourth-order valence-corrected chi connectivity index (χ4v) is 6.33. The second kappa shape index (κ2) is 12.8. The van der Waals surface area contributed by atoms with Crippen molar-refractivity contribution in [3.8, 4) is 22.8 Å². The predicted molar refractivity (Wildman–Crippen MR) is 159 cm³/mol. The Morgan fingerprint density at radius 2 is 2.02 bits per heavy atom. The lowest BCUT2D eigenvalue weighted by Crippen LogP contribution is -2.62. The van der Waals surface area contributed by atoms with Crippen molar-refractivity contribution in [2.45, 2.75) is 10.4 Å². The summed E-state index contributed by atoms with van der Waals surface area (Å²) in [5.74, 6) is -0.720. The Balaban J connectivity index is 1.40. The van der Waals surface area contributed by atoms with Gasteiger partial charge in [-0.2, -0.15) is 0 Å². The number of anilines is 1. The van der Waals surface area contributed by atoms with E-state index in [1.54, 1.807) is 12.1 Å². The molecule has 4 aromatic rings. The highest BCUT2D eigenvalue weighted by Crippen LogP contribution is 2.32. The smallest absolute Gasteiger partial charge is 0.300 e. The average molecular weight is 647 g/mol. The van der Waals surface area contributed by atoms with Crippen molar-refractivity contribution in [3.05, 3.63) is 76.2 Å². The number of morpholine rings is 1. The third-order valence-corrected chi connectivity index (χ3v) is 9.00. The van der Waals surface area contributed by atoms with E-state index in [1.165, 1.54) is 36.2 Å². The summed E-state index contributed by atoms with van der Waals surface area (Å²) in [5.41, 5.74) is 5.69. The normalized spacial score (nSPS) is 17.4. The Bertz CT molecular complexity index is 1880. The van der Waals surface area contributed by atoms with Gasteiger partial charge in [-0.15, -0.1) is 0 Å². The van der Waals surface area contributed by atoms with Gasteiger partial charge in [-0.1, -0.05) is 11.6 Å². The molecule has 1 aliphatic heterocycles. The number of ether oxygens (including phenoxy) is 3. The summed E-state index contributed by atoms with van der Waals surface area (Å²) in [6.45, 7) is 1.63. The van der Waals surface area contributed by atoms with Crippen LogP contribution in [0.5, 0.6) is 11.6 Å². The van der Waals surface area contributed by atoms with Gasteiger partial charge >= 0.3 is 0 Å². The number of aromatic nitrogens is 3. The van der Waals surface area contributed by atoms with Crippen LogP contribution in [-0.4, -0.2) is 86.1 Å². The Labute approximate surface area is 256 Å². The molecule has 1 saturated heterocycles. The minimum absolute atomic E-state index is 0.00478. The molecule has 0 saturated carbocycles. The molecule has 1 unspecified atom stereocenters. The molecular formula is C28H28ClFN6O7S. The van der Waals surface area contributed by atoms with Crippen molar-refractivity contribution in [3.63, 3.8) is 0 Å². The Morgan fingerprint density at radius 1 is 1.20 bits per heavy atom. The predicted octanol–water partition coefficient (Wildman–Crippen LogP) is 1.97. The average Bonchev–Trinajstić information content (AvgIpc) is 3.02. The van der Waals surface area contributed by atoms with E-state index in [0.717, 1.165) is 24.5 Å². The summed E-state index contributed by atoms with van der Waals surface area (Å²) < 4.78 is 59.7. The summed E-state index contributed by atoms with van der Waals surface area (Å²) in [6.07, 6.45) is 5.07. The number of nitrogens with two attached hydrogens (primary N) is 1. The van der Waals surface area contributed by atoms with Gasteiger partial charge in [-0.05, 0) is 36.4 Å². The summed E-state index contributed by atoms with van der Waals surface area (Å²) in [4.78, 5) is 35.1. The molecule has 0 radical (unpaired) electrons. The Morgan fingerprint density at radius 3 is 2.75 bits per heavy atom. The van der Waals surface area contributed by atoms with Crippen molar-refractivity contribution in [1.29, 1.82) is 0 Å². The molecule has 5 rings (SSSR count). The molecule has 1 aliphatic rings. The first-order valence-electron chi connectivity index (χ1n) is 13.3. The van der Waals surface area contributed by atoms with Gasteiger partial charge in [0, 0.05) is 43.2 Å². The lowest BCUT2D eigenvalue weighted by molar-refractivity contribution is -0.130. The van der Waals surface area contributed by atoms with Crippen LogP contribution in [0.4, 0.5) is 10.1 Å². The van der Waals surface area contributed by atoms with Gasteiger partial charge in [-0.25, -0.2) is 22.8 Å². The molecule has 0 amide bonds. The number of sulfonamides is 1. The van der Waals surface area contributed by atoms with Gasteiger partial charge in [0.05, 0.1) is 31.5 Å². The van der Waals surface area contributed by atoms with Crippen LogP contribution in [0, 0.1) is 5.82 Å². The molecule has 0 bridgehead atoms. The van der Waals surface area contributed by atoms with Crippen LogP contribution < -0.4 is 25.5 Å². The van der Waals surface area contributed by atoms with Crippen molar-refractivity contribution < 1.29 is 31.8 Å². The number of carbonyl (C=O) groups is 1. The van der Waals surface area contributed by atoms with Crippen LogP contribution in [0.2, 0.25) is 5.02 Å². The maximum absolute atomic E-state index is 13.5. The summed E-state index contributed by atoms with van der Waals surface area (Å²) in [5, 5.41) is -0.299. The van der Waals surface area contributed by atoms with E-state index in [2.05, 4.69) is 14.7 Å². The number of nitrogens with one attached hydrogen (secondary N) is 1. The fraction of sp³-hybridized carbons (Fsp3) is 0.286. The van der Waals surface area contributed by atoms with Gasteiger partial charge in [0.1, 0.15) is 40.5 Å². The fourth-order valence-electron chi connectivity index (χ4n) is 4.75. The molecule has 232 valence electrons. The monoisotopic (exact) mass is 646 g/mol. The molecule has 3 aromatic heterocycles. The highest BCUT2D eigenvalue weighted by Gasteiger charge is 2.38. The van der Waals surface area contributed by atoms with Crippen LogP contribution in [0.1, 0.15) is 0 Å². The van der Waals surface area contributed by atoms with Gasteiger partial charge in [0.15, 0.2) is 0 Å². The lowest BCUT2D eigenvalue weighted by Gasteiger charge is -2.42. The third kappa shape index (κ3) is 6.23. The Hall–Kier alpha value is -4.15. The molecule has 13 nitrogen and oxygen atoms in total. The van der Waals surface area contributed by atoms with Crippen LogP contribution in [0.25, 0.3) is 16.8 Å². The maximum atomic E-state index is 13.5. The van der Waals surface area contributed by atoms with Gasteiger partial charge in [-0.3, -0.25) is 18.8 Å². The first-order chi connectivity index (χ1) is 21.1. The number of rotatable bonds is 11. The molecule has 0 aliphatic carbocycles. The number of fused-ring (bicyclic) bond motifs is 1. The molecular weight excluding hydrogens is 619 g/mol. The molecule has 16 heteroatoms. The molecule has 1 fully saturated rings. The molecule has 4 heterocycles. The molecule has 1 atom stereocenters. The standard InChI is InChI=1S/C28H28ClFN6O7S/c1-41-26-22(34-44(39,40)24-4-3-20(30)11-21(24)29)10-19(12-33-26)18-2-5-25-32-13-23(27(38)36(25)14-18)43-9-7-35-6-8-42-17-28(35,15-31)16-37/h2-5,10-14,16,34H,6-9,15,17,31H2,1H3. The van der Waals surface area contributed by atoms with E-state index < -0.39 is 26.9 Å². The number of hydrogen-bond acceptors (Lipinski definition) is 11. The van der Waals surface area contributed by atoms with E-state index in [4.69, 9.17) is 31.5 Å².